The molecule has 0 spiro atoms. The van der Waals surface area contributed by atoms with Crippen LogP contribution in [-0.2, 0) is 0 Å². The van der Waals surface area contributed by atoms with Gasteiger partial charge in [-0.1, -0.05) is 111 Å². The average Bonchev–Trinajstić information content (AvgIpc) is 3.15. The molecule has 2 aliphatic rings. The lowest BCUT2D eigenvalue weighted by molar-refractivity contribution is 0.0638. The van der Waals surface area contributed by atoms with E-state index in [1.807, 2.05) is 12.1 Å². The van der Waals surface area contributed by atoms with Gasteiger partial charge in [-0.25, -0.2) is 0 Å². The number of carbonyl (C=O) groups excluding carboxylic acids is 2. The lowest BCUT2D eigenvalue weighted by atomic mass is 9.72. The van der Waals surface area contributed by atoms with Crippen molar-refractivity contribution in [3.63, 3.8) is 0 Å². The summed E-state index contributed by atoms with van der Waals surface area (Å²) in [7, 11) is 0. The van der Waals surface area contributed by atoms with Crippen molar-refractivity contribution in [2.45, 2.75) is 121 Å². The molecule has 0 unspecified atom stereocenters. The number of fused-ring (bicyclic) bond motifs is 1. The molecule has 0 atom stereocenters. The number of nitrogens with zero attached hydrogens (tertiary/aromatic N) is 1. The van der Waals surface area contributed by atoms with E-state index in [2.05, 4.69) is 81.4 Å². The standard InChI is InChI=1S/C14H17NO2.C14H22O.C10H20/c1-14(2,3)8-9-15-12(16)10-6-4-5-7-11(10)13(15)17;1-12-6-8-13(9-7-12)15-11-5-10-14(2,3)4;1-10(2,3)9-7-5-4-6-8-9/h4-7H,8-9H2,1-3H3;6-9H,5,10-11H2,1-4H3;9H,4-8H2,1-3H3. The molecule has 4 nitrogen and oxygen atoms in total. The fourth-order valence-corrected chi connectivity index (χ4v) is 5.29. The molecule has 2 aromatic rings. The van der Waals surface area contributed by atoms with E-state index < -0.39 is 0 Å². The molecule has 42 heavy (non-hydrogen) atoms. The van der Waals surface area contributed by atoms with Crippen molar-refractivity contribution in [3.8, 4) is 5.75 Å². The number of carbonyl (C=O) groups is 2. The predicted molar refractivity (Wildman–Crippen MR) is 177 cm³/mol. The van der Waals surface area contributed by atoms with Gasteiger partial charge in [-0.2, -0.15) is 0 Å². The van der Waals surface area contributed by atoms with E-state index in [1.165, 1.54) is 49.0 Å². The molecule has 2 aromatic carbocycles. The van der Waals surface area contributed by atoms with Gasteiger partial charge in [-0.05, 0) is 85.5 Å². The monoisotopic (exact) mass is 577 g/mol. The molecular weight excluding hydrogens is 518 g/mol. The average molecular weight is 578 g/mol. The summed E-state index contributed by atoms with van der Waals surface area (Å²) >= 11 is 0. The zero-order valence-corrected chi connectivity index (χ0v) is 28.4. The highest BCUT2D eigenvalue weighted by Gasteiger charge is 2.35. The van der Waals surface area contributed by atoms with Gasteiger partial charge in [0.05, 0.1) is 17.7 Å². The van der Waals surface area contributed by atoms with E-state index in [1.54, 1.807) is 24.3 Å². The maximum Gasteiger partial charge on any atom is 0.261 e. The Morgan fingerprint density at radius 2 is 1.21 bits per heavy atom. The van der Waals surface area contributed by atoms with Crippen molar-refractivity contribution in [1.29, 1.82) is 0 Å². The molecule has 1 saturated carbocycles. The van der Waals surface area contributed by atoms with Crippen molar-refractivity contribution in [1.82, 2.24) is 4.90 Å². The Bertz CT molecular complexity index is 1070. The summed E-state index contributed by atoms with van der Waals surface area (Å²) in [6, 6.07) is 15.2. The van der Waals surface area contributed by atoms with Crippen LogP contribution in [-0.4, -0.2) is 29.9 Å². The van der Waals surface area contributed by atoms with E-state index in [4.69, 9.17) is 4.74 Å². The Labute approximate surface area is 257 Å². The largest absolute Gasteiger partial charge is 0.494 e. The van der Waals surface area contributed by atoms with Gasteiger partial charge in [0.15, 0.2) is 0 Å². The number of rotatable bonds is 6. The first-order valence-electron chi connectivity index (χ1n) is 16.1. The van der Waals surface area contributed by atoms with Crippen molar-refractivity contribution in [2.75, 3.05) is 13.2 Å². The number of aryl methyl sites for hydroxylation is 1. The number of ether oxygens (including phenoxy) is 1. The van der Waals surface area contributed by atoms with E-state index in [0.29, 0.717) is 28.5 Å². The van der Waals surface area contributed by atoms with Gasteiger partial charge in [0.2, 0.25) is 0 Å². The molecule has 0 N–H and O–H groups in total. The van der Waals surface area contributed by atoms with Crippen molar-refractivity contribution < 1.29 is 14.3 Å². The van der Waals surface area contributed by atoms with Crippen LogP contribution in [0.3, 0.4) is 0 Å². The molecular formula is C38H59NO3. The zero-order valence-electron chi connectivity index (χ0n) is 28.4. The maximum absolute atomic E-state index is 12.0. The normalized spacial score (nSPS) is 15.8. The van der Waals surface area contributed by atoms with Gasteiger partial charge < -0.3 is 4.74 Å². The minimum atomic E-state index is -0.158. The van der Waals surface area contributed by atoms with Crippen LogP contribution in [0.25, 0.3) is 0 Å². The molecule has 2 amide bonds. The van der Waals surface area contributed by atoms with Gasteiger partial charge in [-0.15, -0.1) is 0 Å². The molecule has 0 bridgehead atoms. The molecule has 4 heteroatoms. The second-order valence-corrected chi connectivity index (χ2v) is 15.6. The molecule has 1 fully saturated rings. The number of imide groups is 1. The third-order valence-corrected chi connectivity index (χ3v) is 8.15. The van der Waals surface area contributed by atoms with Crippen molar-refractivity contribution in [2.24, 2.45) is 22.2 Å². The van der Waals surface area contributed by atoms with Crippen LogP contribution in [0.1, 0.15) is 140 Å². The molecule has 0 aromatic heterocycles. The summed E-state index contributed by atoms with van der Waals surface area (Å²) in [6.07, 6.45) is 10.5. The second kappa shape index (κ2) is 15.7. The highest BCUT2D eigenvalue weighted by Crippen LogP contribution is 2.37. The van der Waals surface area contributed by atoms with Crippen LogP contribution in [0.15, 0.2) is 48.5 Å². The molecule has 0 radical (unpaired) electrons. The van der Waals surface area contributed by atoms with E-state index in [9.17, 15) is 9.59 Å². The van der Waals surface area contributed by atoms with E-state index in [-0.39, 0.29) is 17.2 Å². The first-order valence-corrected chi connectivity index (χ1v) is 16.1. The summed E-state index contributed by atoms with van der Waals surface area (Å²) < 4.78 is 5.66. The minimum Gasteiger partial charge on any atom is -0.494 e. The SMILES string of the molecule is CC(C)(C)C1CCCCC1.CC(C)(C)CCN1C(=O)c2ccccc2C1=O.Cc1ccc(OCCCC(C)(C)C)cc1. The Balaban J connectivity index is 0.000000228. The summed E-state index contributed by atoms with van der Waals surface area (Å²) in [5.41, 5.74) is 3.45. The van der Waals surface area contributed by atoms with E-state index in [0.717, 1.165) is 31.1 Å². The van der Waals surface area contributed by atoms with Crippen LogP contribution < -0.4 is 4.74 Å². The van der Waals surface area contributed by atoms with Gasteiger partial charge in [0, 0.05) is 6.54 Å². The first-order chi connectivity index (χ1) is 19.5. The maximum atomic E-state index is 12.0. The van der Waals surface area contributed by atoms with Gasteiger partial charge in [0.25, 0.3) is 11.8 Å². The second-order valence-electron chi connectivity index (χ2n) is 15.6. The number of benzene rings is 2. The Kier molecular flexibility index (Phi) is 13.3. The highest BCUT2D eigenvalue weighted by molar-refractivity contribution is 6.21. The lowest BCUT2D eigenvalue weighted by Crippen LogP contribution is -2.32. The Morgan fingerprint density at radius 3 is 1.64 bits per heavy atom. The van der Waals surface area contributed by atoms with Gasteiger partial charge in [-0.3, -0.25) is 14.5 Å². The third kappa shape index (κ3) is 12.7. The molecule has 234 valence electrons. The molecule has 4 rings (SSSR count). The minimum absolute atomic E-state index is 0.120. The fourth-order valence-electron chi connectivity index (χ4n) is 5.29. The smallest absolute Gasteiger partial charge is 0.261 e. The summed E-state index contributed by atoms with van der Waals surface area (Å²) in [4.78, 5) is 25.4. The van der Waals surface area contributed by atoms with Crippen molar-refractivity contribution in [3.05, 3.63) is 65.2 Å². The molecule has 0 saturated heterocycles. The van der Waals surface area contributed by atoms with Gasteiger partial charge >= 0.3 is 0 Å². The summed E-state index contributed by atoms with van der Waals surface area (Å²) in [5.74, 6) is 1.67. The number of hydrogen-bond acceptors (Lipinski definition) is 3. The van der Waals surface area contributed by atoms with Crippen LogP contribution in [0.5, 0.6) is 5.75 Å². The van der Waals surface area contributed by atoms with Crippen LogP contribution in [0.4, 0.5) is 0 Å². The lowest BCUT2D eigenvalue weighted by Gasteiger charge is -2.33. The first kappa shape index (κ1) is 35.6. The Hall–Kier alpha value is -2.62. The van der Waals surface area contributed by atoms with Crippen molar-refractivity contribution >= 4 is 11.8 Å². The van der Waals surface area contributed by atoms with Crippen LogP contribution >= 0.6 is 0 Å². The number of amides is 2. The fraction of sp³-hybridized carbons (Fsp3) is 0.632. The topological polar surface area (TPSA) is 46.6 Å². The molecule has 1 aliphatic carbocycles. The predicted octanol–water partition coefficient (Wildman–Crippen LogP) is 10.5. The highest BCUT2D eigenvalue weighted by atomic mass is 16.5. The Morgan fingerprint density at radius 1 is 0.714 bits per heavy atom. The third-order valence-electron chi connectivity index (χ3n) is 8.15. The summed E-state index contributed by atoms with van der Waals surface area (Å²) in [5, 5.41) is 0. The zero-order chi connectivity index (χ0) is 31.6. The molecule has 1 aliphatic heterocycles. The van der Waals surface area contributed by atoms with Gasteiger partial charge in [0.1, 0.15) is 5.75 Å². The van der Waals surface area contributed by atoms with Crippen LogP contribution in [0.2, 0.25) is 0 Å². The molecule has 1 heterocycles. The quantitative estimate of drug-likeness (QED) is 0.253. The van der Waals surface area contributed by atoms with Crippen LogP contribution in [0, 0.1) is 29.1 Å². The number of hydrogen-bond donors (Lipinski definition) is 0. The van der Waals surface area contributed by atoms with E-state index >= 15 is 0 Å². The summed E-state index contributed by atoms with van der Waals surface area (Å²) in [6.45, 7) is 23.6.